The van der Waals surface area contributed by atoms with E-state index in [0.717, 1.165) is 44.6 Å². The topological polar surface area (TPSA) is 50.9 Å². The third-order valence-corrected chi connectivity index (χ3v) is 9.71. The molecule has 0 unspecified atom stereocenters. The molecular formula is C50H45N3O. The molecule has 0 amide bonds. The van der Waals surface area contributed by atoms with Gasteiger partial charge in [0.1, 0.15) is 11.6 Å². The van der Waals surface area contributed by atoms with E-state index in [-0.39, 0.29) is 34.0 Å². The average Bonchev–Trinajstić information content (AvgIpc) is 3.63. The molecule has 1 N–H and O–H groups in total. The van der Waals surface area contributed by atoms with E-state index < -0.39 is 47.8 Å². The second kappa shape index (κ2) is 13.6. The molecule has 0 fully saturated rings. The van der Waals surface area contributed by atoms with Crippen LogP contribution in [0.2, 0.25) is 0 Å². The Morgan fingerprint density at radius 2 is 1.31 bits per heavy atom. The van der Waals surface area contributed by atoms with Gasteiger partial charge in [-0.1, -0.05) is 138 Å². The monoisotopic (exact) mass is 711 g/mol. The molecule has 266 valence electrons. The molecule has 0 radical (unpaired) electrons. The van der Waals surface area contributed by atoms with Crippen molar-refractivity contribution in [2.45, 2.75) is 52.4 Å². The number of aromatic nitrogens is 3. The summed E-state index contributed by atoms with van der Waals surface area (Å²) < 4.78 is 71.1. The van der Waals surface area contributed by atoms with Crippen LogP contribution in [-0.2, 0) is 10.8 Å². The summed E-state index contributed by atoms with van der Waals surface area (Å²) in [4.78, 5) is 9.77. The zero-order valence-electron chi connectivity index (χ0n) is 39.2. The van der Waals surface area contributed by atoms with Crippen molar-refractivity contribution in [3.05, 3.63) is 169 Å². The van der Waals surface area contributed by atoms with Gasteiger partial charge >= 0.3 is 0 Å². The van der Waals surface area contributed by atoms with Gasteiger partial charge in [-0.05, 0) is 104 Å². The zero-order chi connectivity index (χ0) is 44.6. The van der Waals surface area contributed by atoms with Gasteiger partial charge in [-0.3, -0.25) is 9.55 Å². The first kappa shape index (κ1) is 26.5. The van der Waals surface area contributed by atoms with Gasteiger partial charge in [0.05, 0.1) is 38.9 Å². The summed E-state index contributed by atoms with van der Waals surface area (Å²) in [5.41, 5.74) is 7.66. The summed E-state index contributed by atoms with van der Waals surface area (Å²) in [6, 6.07) is 31.8. The van der Waals surface area contributed by atoms with Crippen molar-refractivity contribution >= 4 is 11.0 Å². The van der Waals surface area contributed by atoms with Crippen LogP contribution in [0, 0.1) is 0 Å². The van der Waals surface area contributed by atoms with E-state index in [0.29, 0.717) is 22.5 Å². The molecule has 4 heteroatoms. The molecule has 0 bridgehead atoms. The minimum absolute atomic E-state index is 0.0288. The summed E-state index contributed by atoms with van der Waals surface area (Å²) in [5.74, 6) is 0.618. The molecule has 8 rings (SSSR count). The second-order valence-electron chi connectivity index (χ2n) is 15.6. The smallest absolute Gasteiger partial charge is 0.149 e. The normalized spacial score (nSPS) is 14.0. The molecule has 0 aliphatic carbocycles. The molecule has 0 saturated heterocycles. The molecular weight excluding hydrogens is 659 g/mol. The molecule has 8 aromatic rings. The largest absolute Gasteiger partial charge is 0.507 e. The van der Waals surface area contributed by atoms with E-state index >= 15 is 0 Å². The number of aromatic hydroxyl groups is 1. The molecule has 2 aromatic heterocycles. The van der Waals surface area contributed by atoms with E-state index in [2.05, 4.69) is 87.5 Å². The standard InChI is InChI=1S/C50H45N3O/c1-49(2,3)39-29-37(28-38(30-39)43-32-36(26-27-51-43)34-18-11-8-12-19-34)40-21-15-22-45-47(40)52-48(41-20-13-14-23-46(41)54)53(45)44-25-24-35(31-42(44)50(4,5)6)33-16-9-7-10-17-33/h7-32,54H,1-6H3/i8D,11D,12D,18D,19D,26D,27D,32D. The van der Waals surface area contributed by atoms with E-state index in [9.17, 15) is 6.48 Å². The first-order valence-electron chi connectivity index (χ1n) is 22.0. The van der Waals surface area contributed by atoms with Crippen LogP contribution in [-0.4, -0.2) is 19.6 Å². The van der Waals surface area contributed by atoms with Gasteiger partial charge in [0.2, 0.25) is 0 Å². The number of imidazole rings is 1. The number of nitrogens with zero attached hydrogens (tertiary/aromatic N) is 3. The van der Waals surface area contributed by atoms with Crippen molar-refractivity contribution in [1.29, 1.82) is 0 Å². The zero-order valence-corrected chi connectivity index (χ0v) is 31.2. The number of phenols is 1. The van der Waals surface area contributed by atoms with Crippen molar-refractivity contribution in [1.82, 2.24) is 14.5 Å². The van der Waals surface area contributed by atoms with Gasteiger partial charge < -0.3 is 5.11 Å². The number of benzene rings is 6. The lowest BCUT2D eigenvalue weighted by Gasteiger charge is -2.25. The van der Waals surface area contributed by atoms with Crippen LogP contribution in [0.3, 0.4) is 0 Å². The molecule has 2 heterocycles. The number of pyridine rings is 1. The molecule has 0 saturated carbocycles. The van der Waals surface area contributed by atoms with Crippen molar-refractivity contribution < 1.29 is 16.1 Å². The summed E-state index contributed by atoms with van der Waals surface area (Å²) >= 11 is 0. The van der Waals surface area contributed by atoms with Crippen molar-refractivity contribution in [3.63, 3.8) is 0 Å². The van der Waals surface area contributed by atoms with Crippen LogP contribution in [0.25, 0.3) is 72.7 Å². The van der Waals surface area contributed by atoms with Gasteiger partial charge in [-0.2, -0.15) is 0 Å². The van der Waals surface area contributed by atoms with Gasteiger partial charge in [-0.15, -0.1) is 0 Å². The quantitative estimate of drug-likeness (QED) is 0.187. The third-order valence-electron chi connectivity index (χ3n) is 9.71. The number of rotatable bonds is 6. The van der Waals surface area contributed by atoms with Crippen molar-refractivity contribution in [2.75, 3.05) is 0 Å². The van der Waals surface area contributed by atoms with Crippen LogP contribution in [0.5, 0.6) is 5.75 Å². The Bertz CT molecular complexity index is 3060. The second-order valence-corrected chi connectivity index (χ2v) is 15.6. The Labute approximate surface area is 329 Å². The highest BCUT2D eigenvalue weighted by Gasteiger charge is 2.26. The number of fused-ring (bicyclic) bond motifs is 1. The van der Waals surface area contributed by atoms with Crippen LogP contribution >= 0.6 is 0 Å². The molecule has 0 aliphatic heterocycles. The fourth-order valence-electron chi connectivity index (χ4n) is 6.87. The first-order chi connectivity index (χ1) is 29.3. The average molecular weight is 712 g/mol. The lowest BCUT2D eigenvalue weighted by molar-refractivity contribution is 0.477. The summed E-state index contributed by atoms with van der Waals surface area (Å²) in [6.45, 7) is 12.7. The van der Waals surface area contributed by atoms with Crippen LogP contribution in [0.1, 0.15) is 63.6 Å². The molecule has 4 nitrogen and oxygen atoms in total. The lowest BCUT2D eigenvalue weighted by atomic mass is 9.83. The summed E-state index contributed by atoms with van der Waals surface area (Å²) in [6.07, 6.45) is -0.499. The van der Waals surface area contributed by atoms with Crippen LogP contribution in [0.15, 0.2) is 158 Å². The van der Waals surface area contributed by atoms with Gasteiger partial charge in [0, 0.05) is 17.3 Å². The molecule has 0 spiro atoms. The number of para-hydroxylation sites is 2. The fraction of sp³-hybridized carbons (Fsp3) is 0.160. The predicted octanol–water partition coefficient (Wildman–Crippen LogP) is 13.1. The maximum Gasteiger partial charge on any atom is 0.149 e. The van der Waals surface area contributed by atoms with E-state index in [1.165, 1.54) is 0 Å². The highest BCUT2D eigenvalue weighted by Crippen LogP contribution is 2.42. The number of phenolic OH excluding ortho intramolecular Hbond substituents is 1. The third kappa shape index (κ3) is 6.60. The maximum atomic E-state index is 11.3. The van der Waals surface area contributed by atoms with E-state index in [4.69, 9.17) is 14.6 Å². The van der Waals surface area contributed by atoms with E-state index in [1.807, 2.05) is 60.7 Å². The van der Waals surface area contributed by atoms with Gasteiger partial charge in [0.25, 0.3) is 0 Å². The Hall–Kier alpha value is -6.26. The van der Waals surface area contributed by atoms with Crippen LogP contribution in [0.4, 0.5) is 0 Å². The Balaban J connectivity index is 1.41. The molecule has 6 aromatic carbocycles. The highest BCUT2D eigenvalue weighted by molar-refractivity contribution is 5.97. The van der Waals surface area contributed by atoms with Gasteiger partial charge in [-0.25, -0.2) is 4.98 Å². The Morgan fingerprint density at radius 3 is 2.06 bits per heavy atom. The number of hydrogen-bond acceptors (Lipinski definition) is 3. The SMILES string of the molecule is [2H]c1nc(-c2cc(-c3cccc4c3nc(-c3ccccc3O)n4-c3ccc(-c4ccccc4)cc3C(C)(C)C)cc(C(C)(C)C)c2)c([2H])c(-c2c([2H])c([2H])c([2H])c([2H])c2[2H])c1[2H]. The van der Waals surface area contributed by atoms with E-state index in [1.54, 1.807) is 12.1 Å². The Morgan fingerprint density at radius 1 is 0.593 bits per heavy atom. The fourth-order valence-corrected chi connectivity index (χ4v) is 6.87. The maximum absolute atomic E-state index is 11.3. The van der Waals surface area contributed by atoms with Crippen molar-refractivity contribution in [3.8, 4) is 67.5 Å². The Kier molecular flexibility index (Phi) is 6.68. The predicted molar refractivity (Wildman–Crippen MR) is 225 cm³/mol. The highest BCUT2D eigenvalue weighted by atomic mass is 16.3. The van der Waals surface area contributed by atoms with Crippen LogP contribution < -0.4 is 0 Å². The lowest BCUT2D eigenvalue weighted by Crippen LogP contribution is -2.16. The molecule has 0 aliphatic rings. The summed E-state index contributed by atoms with van der Waals surface area (Å²) in [7, 11) is 0. The van der Waals surface area contributed by atoms with Gasteiger partial charge in [0.15, 0.2) is 0 Å². The van der Waals surface area contributed by atoms with Crippen molar-refractivity contribution in [2.24, 2.45) is 0 Å². The molecule has 54 heavy (non-hydrogen) atoms. The molecule has 0 atom stereocenters. The summed E-state index contributed by atoms with van der Waals surface area (Å²) in [5, 5.41) is 11.3. The first-order valence-corrected chi connectivity index (χ1v) is 18.0. The minimum Gasteiger partial charge on any atom is -0.507 e. The number of hydrogen-bond donors (Lipinski definition) is 1. The minimum atomic E-state index is -0.598.